The second-order valence-electron chi connectivity index (χ2n) is 8.01. The molecule has 0 spiro atoms. The first-order chi connectivity index (χ1) is 14.1. The molecule has 2 amide bonds. The number of primary amides is 1. The Morgan fingerprint density at radius 3 is 2.72 bits per heavy atom. The van der Waals surface area contributed by atoms with Gasteiger partial charge in [-0.05, 0) is 43.9 Å². The fourth-order valence-electron chi connectivity index (χ4n) is 4.19. The number of nitrogens with one attached hydrogen (secondary N) is 2. The first-order valence-corrected chi connectivity index (χ1v) is 10.8. The second kappa shape index (κ2) is 10.3. The molecule has 1 aliphatic carbocycles. The molecule has 4 N–H and O–H groups in total. The van der Waals surface area contributed by atoms with Gasteiger partial charge in [0.25, 0.3) is 0 Å². The number of nitrogens with two attached hydrogens (primary N) is 1. The van der Waals surface area contributed by atoms with Crippen LogP contribution in [-0.2, 0) is 11.3 Å². The molecule has 1 heterocycles. The summed E-state index contributed by atoms with van der Waals surface area (Å²) in [5, 5.41) is 6.73. The second-order valence-corrected chi connectivity index (χ2v) is 8.01. The number of hydrogen-bond acceptors (Lipinski definition) is 3. The van der Waals surface area contributed by atoms with Crippen LogP contribution in [0, 0.1) is 5.92 Å². The zero-order valence-corrected chi connectivity index (χ0v) is 17.3. The van der Waals surface area contributed by atoms with Crippen molar-refractivity contribution in [2.45, 2.75) is 58.0 Å². The van der Waals surface area contributed by atoms with Gasteiger partial charge in [0.05, 0.1) is 6.54 Å². The van der Waals surface area contributed by atoms with E-state index in [2.05, 4.69) is 15.6 Å². The van der Waals surface area contributed by atoms with Crippen molar-refractivity contribution in [3.05, 3.63) is 35.4 Å². The van der Waals surface area contributed by atoms with Crippen molar-refractivity contribution in [2.75, 3.05) is 19.6 Å². The highest BCUT2D eigenvalue weighted by atomic mass is 16.2. The third kappa shape index (κ3) is 5.95. The van der Waals surface area contributed by atoms with E-state index >= 15 is 0 Å². The smallest absolute Gasteiger partial charge is 0.248 e. The summed E-state index contributed by atoms with van der Waals surface area (Å²) in [6, 6.07) is 7.43. The van der Waals surface area contributed by atoms with E-state index in [1.165, 1.54) is 19.3 Å². The highest BCUT2D eigenvalue weighted by Crippen LogP contribution is 2.26. The summed E-state index contributed by atoms with van der Waals surface area (Å²) in [5.74, 6) is 0.852. The molecule has 1 saturated heterocycles. The number of amides is 2. The van der Waals surface area contributed by atoms with Crippen LogP contribution >= 0.6 is 0 Å². The van der Waals surface area contributed by atoms with Crippen LogP contribution in [0.1, 0.15) is 61.4 Å². The Kier molecular flexibility index (Phi) is 7.49. The maximum absolute atomic E-state index is 12.8. The standard InChI is InChI=1S/C22H33N5O2/c1-2-24-22(25-14-16-7-6-10-18(13-16)20(23)28)26-19-11-12-27(15-19)21(29)17-8-4-3-5-9-17/h6-7,10,13,17,19H,2-5,8-9,11-12,14-15H2,1H3,(H2,23,28)(H2,24,25,26). The van der Waals surface area contributed by atoms with Gasteiger partial charge in [0.15, 0.2) is 5.96 Å². The highest BCUT2D eigenvalue weighted by molar-refractivity contribution is 5.92. The molecule has 2 fully saturated rings. The molecule has 1 aromatic rings. The zero-order valence-electron chi connectivity index (χ0n) is 17.3. The number of aliphatic imine (C=N–C) groups is 1. The van der Waals surface area contributed by atoms with Gasteiger partial charge in [-0.1, -0.05) is 31.4 Å². The lowest BCUT2D eigenvalue weighted by Crippen LogP contribution is -2.45. The van der Waals surface area contributed by atoms with Crippen LogP contribution in [0.25, 0.3) is 0 Å². The van der Waals surface area contributed by atoms with Gasteiger partial charge < -0.3 is 21.3 Å². The molecule has 1 saturated carbocycles. The summed E-state index contributed by atoms with van der Waals surface area (Å²) < 4.78 is 0. The molecule has 0 radical (unpaired) electrons. The van der Waals surface area contributed by atoms with E-state index < -0.39 is 5.91 Å². The lowest BCUT2D eigenvalue weighted by molar-refractivity contribution is -0.135. The van der Waals surface area contributed by atoms with Crippen molar-refractivity contribution in [1.82, 2.24) is 15.5 Å². The van der Waals surface area contributed by atoms with Gasteiger partial charge in [-0.2, -0.15) is 0 Å². The lowest BCUT2D eigenvalue weighted by atomic mass is 9.88. The van der Waals surface area contributed by atoms with E-state index in [0.29, 0.717) is 18.0 Å². The number of guanidine groups is 1. The molecule has 2 aliphatic rings. The Bertz CT molecular complexity index is 742. The number of carbonyl (C=O) groups is 2. The number of benzene rings is 1. The third-order valence-corrected chi connectivity index (χ3v) is 5.77. The number of rotatable bonds is 6. The van der Waals surface area contributed by atoms with E-state index in [0.717, 1.165) is 50.4 Å². The Morgan fingerprint density at radius 1 is 1.21 bits per heavy atom. The minimum atomic E-state index is -0.436. The van der Waals surface area contributed by atoms with E-state index in [4.69, 9.17) is 5.73 Å². The summed E-state index contributed by atoms with van der Waals surface area (Å²) in [6.07, 6.45) is 6.64. The van der Waals surface area contributed by atoms with E-state index in [9.17, 15) is 9.59 Å². The SMILES string of the molecule is CCNC(=NCc1cccc(C(N)=O)c1)NC1CCN(C(=O)C2CCCCC2)C1. The fraction of sp³-hybridized carbons (Fsp3) is 0.591. The van der Waals surface area contributed by atoms with Crippen molar-refractivity contribution >= 4 is 17.8 Å². The van der Waals surface area contributed by atoms with Gasteiger partial charge in [0, 0.05) is 37.2 Å². The predicted molar refractivity (Wildman–Crippen MR) is 114 cm³/mol. The first kappa shape index (κ1) is 21.1. The fourth-order valence-corrected chi connectivity index (χ4v) is 4.19. The Morgan fingerprint density at radius 2 is 2.00 bits per heavy atom. The van der Waals surface area contributed by atoms with Crippen LogP contribution < -0.4 is 16.4 Å². The van der Waals surface area contributed by atoms with Crippen LogP contribution in [0.5, 0.6) is 0 Å². The average Bonchev–Trinajstić information content (AvgIpc) is 3.21. The topological polar surface area (TPSA) is 99.8 Å². The monoisotopic (exact) mass is 399 g/mol. The normalized spacial score (nSPS) is 20.5. The molecule has 1 aliphatic heterocycles. The summed E-state index contributed by atoms with van der Waals surface area (Å²) in [4.78, 5) is 30.8. The maximum Gasteiger partial charge on any atom is 0.248 e. The lowest BCUT2D eigenvalue weighted by Gasteiger charge is -2.26. The number of carbonyl (C=O) groups excluding carboxylic acids is 2. The molecule has 7 nitrogen and oxygen atoms in total. The summed E-state index contributed by atoms with van der Waals surface area (Å²) >= 11 is 0. The van der Waals surface area contributed by atoms with Crippen LogP contribution in [0.2, 0.25) is 0 Å². The molecule has 1 unspecified atom stereocenters. The van der Waals surface area contributed by atoms with Gasteiger partial charge in [0.2, 0.25) is 11.8 Å². The number of hydrogen-bond donors (Lipinski definition) is 3. The molecule has 0 bridgehead atoms. The van der Waals surface area contributed by atoms with E-state index in [1.54, 1.807) is 12.1 Å². The van der Waals surface area contributed by atoms with E-state index in [-0.39, 0.29) is 12.0 Å². The van der Waals surface area contributed by atoms with Crippen LogP contribution in [0.15, 0.2) is 29.3 Å². The molecule has 1 atom stereocenters. The third-order valence-electron chi connectivity index (χ3n) is 5.77. The Labute approximate surface area is 173 Å². The average molecular weight is 400 g/mol. The quantitative estimate of drug-likeness (QED) is 0.503. The van der Waals surface area contributed by atoms with Crippen LogP contribution in [-0.4, -0.2) is 48.3 Å². The molecule has 1 aromatic carbocycles. The van der Waals surface area contributed by atoms with Crippen molar-refractivity contribution in [1.29, 1.82) is 0 Å². The molecule has 0 aromatic heterocycles. The first-order valence-electron chi connectivity index (χ1n) is 10.8. The van der Waals surface area contributed by atoms with Gasteiger partial charge in [0.1, 0.15) is 0 Å². The minimum Gasteiger partial charge on any atom is -0.366 e. The molecule has 3 rings (SSSR count). The van der Waals surface area contributed by atoms with Crippen molar-refractivity contribution in [3.8, 4) is 0 Å². The van der Waals surface area contributed by atoms with Gasteiger partial charge in [-0.25, -0.2) is 4.99 Å². The van der Waals surface area contributed by atoms with E-state index in [1.807, 2.05) is 24.0 Å². The van der Waals surface area contributed by atoms with Crippen LogP contribution in [0.4, 0.5) is 0 Å². The summed E-state index contributed by atoms with van der Waals surface area (Å²) in [5.41, 5.74) is 6.77. The summed E-state index contributed by atoms with van der Waals surface area (Å²) in [7, 11) is 0. The Balaban J connectivity index is 1.56. The molecular weight excluding hydrogens is 366 g/mol. The molecule has 158 valence electrons. The maximum atomic E-state index is 12.8. The molecular formula is C22H33N5O2. The predicted octanol–water partition coefficient (Wildman–Crippen LogP) is 2.02. The number of likely N-dealkylation sites (tertiary alicyclic amines) is 1. The van der Waals surface area contributed by atoms with Gasteiger partial charge >= 0.3 is 0 Å². The van der Waals surface area contributed by atoms with Gasteiger partial charge in [-0.3, -0.25) is 9.59 Å². The van der Waals surface area contributed by atoms with Crippen molar-refractivity contribution in [3.63, 3.8) is 0 Å². The molecule has 29 heavy (non-hydrogen) atoms. The van der Waals surface area contributed by atoms with Crippen molar-refractivity contribution < 1.29 is 9.59 Å². The van der Waals surface area contributed by atoms with Gasteiger partial charge in [-0.15, -0.1) is 0 Å². The highest BCUT2D eigenvalue weighted by Gasteiger charge is 2.31. The largest absolute Gasteiger partial charge is 0.366 e. The van der Waals surface area contributed by atoms with Crippen LogP contribution in [0.3, 0.4) is 0 Å². The zero-order chi connectivity index (χ0) is 20.6. The Hall–Kier alpha value is -2.57. The molecule has 7 heteroatoms. The minimum absolute atomic E-state index is 0.206. The summed E-state index contributed by atoms with van der Waals surface area (Å²) in [6.45, 7) is 4.78. The van der Waals surface area contributed by atoms with Crippen molar-refractivity contribution in [2.24, 2.45) is 16.6 Å². The number of nitrogens with zero attached hydrogens (tertiary/aromatic N) is 2.